The lowest BCUT2D eigenvalue weighted by Gasteiger charge is -2.35. The van der Waals surface area contributed by atoms with Gasteiger partial charge in [-0.25, -0.2) is 4.98 Å². The van der Waals surface area contributed by atoms with Crippen LogP contribution < -0.4 is 10.2 Å². The molecule has 0 aliphatic carbocycles. The molecule has 0 atom stereocenters. The number of amides is 1. The van der Waals surface area contributed by atoms with Gasteiger partial charge in [0.2, 0.25) is 0 Å². The average molecular weight is 418 g/mol. The van der Waals surface area contributed by atoms with Crippen LogP contribution in [0.5, 0.6) is 0 Å². The number of anilines is 3. The number of carbonyl (C=O) groups excluding carboxylic acids is 1. The molecule has 0 saturated carbocycles. The molecule has 5 rings (SSSR count). The van der Waals surface area contributed by atoms with E-state index in [4.69, 9.17) is 0 Å². The second-order valence-corrected chi connectivity index (χ2v) is 7.39. The Morgan fingerprint density at radius 1 is 0.900 bits per heavy atom. The molecular formula is C20H18N8OS. The Hall–Kier alpha value is -3.66. The van der Waals surface area contributed by atoms with Crippen LogP contribution in [0, 0.1) is 0 Å². The molecule has 0 radical (unpaired) electrons. The van der Waals surface area contributed by atoms with Crippen molar-refractivity contribution in [3.05, 3.63) is 60.3 Å². The zero-order valence-corrected chi connectivity index (χ0v) is 16.8. The van der Waals surface area contributed by atoms with Crippen LogP contribution in [0.4, 0.5) is 17.5 Å². The van der Waals surface area contributed by atoms with Crippen molar-refractivity contribution in [2.45, 2.75) is 0 Å². The van der Waals surface area contributed by atoms with E-state index in [2.05, 4.69) is 34.1 Å². The van der Waals surface area contributed by atoms with Crippen molar-refractivity contribution in [2.75, 3.05) is 36.4 Å². The van der Waals surface area contributed by atoms with Gasteiger partial charge in [0.15, 0.2) is 11.6 Å². The Morgan fingerprint density at radius 3 is 2.53 bits per heavy atom. The van der Waals surface area contributed by atoms with Gasteiger partial charge in [-0.15, -0.1) is 10.2 Å². The second kappa shape index (κ2) is 7.99. The molecule has 4 aromatic rings. The first kappa shape index (κ1) is 18.4. The first-order valence-corrected chi connectivity index (χ1v) is 10.3. The summed E-state index contributed by atoms with van der Waals surface area (Å²) in [5.41, 5.74) is 2.23. The summed E-state index contributed by atoms with van der Waals surface area (Å²) in [4.78, 5) is 21.1. The minimum absolute atomic E-state index is 0.0190. The topological polar surface area (TPSA) is 100 Å². The van der Waals surface area contributed by atoms with Gasteiger partial charge in [-0.1, -0.05) is 6.07 Å². The maximum absolute atomic E-state index is 12.8. The summed E-state index contributed by atoms with van der Waals surface area (Å²) in [7, 11) is 0. The van der Waals surface area contributed by atoms with E-state index in [1.165, 1.54) is 0 Å². The van der Waals surface area contributed by atoms with Gasteiger partial charge >= 0.3 is 0 Å². The van der Waals surface area contributed by atoms with Crippen molar-refractivity contribution in [1.29, 1.82) is 0 Å². The fourth-order valence-electron chi connectivity index (χ4n) is 3.36. The molecule has 3 aromatic heterocycles. The number of carbonyl (C=O) groups is 1. The maximum atomic E-state index is 12.8. The van der Waals surface area contributed by atoms with Gasteiger partial charge in [-0.2, -0.15) is 8.75 Å². The predicted octanol–water partition coefficient (Wildman–Crippen LogP) is 2.58. The Bertz CT molecular complexity index is 1160. The average Bonchev–Trinajstić information content (AvgIpc) is 3.28. The van der Waals surface area contributed by atoms with Crippen molar-refractivity contribution in [3.63, 3.8) is 0 Å². The van der Waals surface area contributed by atoms with Crippen LogP contribution in [-0.2, 0) is 0 Å². The molecule has 30 heavy (non-hydrogen) atoms. The Balaban J connectivity index is 1.20. The van der Waals surface area contributed by atoms with Crippen LogP contribution in [-0.4, -0.2) is 60.9 Å². The molecule has 1 aliphatic heterocycles. The summed E-state index contributed by atoms with van der Waals surface area (Å²) >= 11 is 1.16. The molecule has 1 N–H and O–H groups in total. The van der Waals surface area contributed by atoms with Crippen LogP contribution in [0.2, 0.25) is 0 Å². The molecule has 0 unspecified atom stereocenters. The van der Waals surface area contributed by atoms with Crippen molar-refractivity contribution >= 4 is 46.1 Å². The molecule has 1 fully saturated rings. The lowest BCUT2D eigenvalue weighted by atomic mass is 10.1. The van der Waals surface area contributed by atoms with Gasteiger partial charge in [0.1, 0.15) is 16.9 Å². The van der Waals surface area contributed by atoms with Gasteiger partial charge < -0.3 is 15.1 Å². The van der Waals surface area contributed by atoms with Crippen molar-refractivity contribution in [2.24, 2.45) is 0 Å². The summed E-state index contributed by atoms with van der Waals surface area (Å²) in [5, 5.41) is 11.7. The van der Waals surface area contributed by atoms with E-state index in [1.807, 2.05) is 53.4 Å². The Labute approximate surface area is 176 Å². The number of pyridine rings is 1. The van der Waals surface area contributed by atoms with Gasteiger partial charge in [-0.05, 0) is 42.5 Å². The molecule has 0 bridgehead atoms. The van der Waals surface area contributed by atoms with Crippen molar-refractivity contribution < 1.29 is 4.79 Å². The minimum atomic E-state index is 0.0190. The van der Waals surface area contributed by atoms with E-state index in [-0.39, 0.29) is 5.91 Å². The van der Waals surface area contributed by atoms with Gasteiger partial charge in [-0.3, -0.25) is 4.79 Å². The molecule has 4 heterocycles. The third-order valence-electron chi connectivity index (χ3n) is 4.96. The number of hydrogen-bond donors (Lipinski definition) is 1. The number of benzene rings is 1. The monoisotopic (exact) mass is 418 g/mol. The molecule has 150 valence electrons. The maximum Gasteiger partial charge on any atom is 0.254 e. The van der Waals surface area contributed by atoms with Crippen LogP contribution in [0.15, 0.2) is 54.7 Å². The van der Waals surface area contributed by atoms with Crippen LogP contribution in [0.25, 0.3) is 11.0 Å². The zero-order chi connectivity index (χ0) is 20.3. The quantitative estimate of drug-likeness (QED) is 0.540. The van der Waals surface area contributed by atoms with Crippen LogP contribution >= 0.6 is 11.7 Å². The van der Waals surface area contributed by atoms with E-state index < -0.39 is 0 Å². The highest BCUT2D eigenvalue weighted by Gasteiger charge is 2.23. The van der Waals surface area contributed by atoms with Crippen molar-refractivity contribution in [3.8, 4) is 0 Å². The predicted molar refractivity (Wildman–Crippen MR) is 115 cm³/mol. The number of aromatic nitrogens is 5. The summed E-state index contributed by atoms with van der Waals surface area (Å²) in [5.74, 6) is 2.17. The fourth-order valence-corrected chi connectivity index (χ4v) is 3.88. The standard InChI is InChI=1S/C20H18N8OS/c29-20(14-4-5-15-16(13-14)26-30-25-15)28-11-9-27(10-12-28)19-7-6-18(23-24-19)22-17-3-1-2-8-21-17/h1-8,13H,9-12H2,(H,21,22,23). The Kier molecular flexibility index (Phi) is 4.89. The molecule has 1 amide bonds. The molecule has 9 nitrogen and oxygen atoms in total. The summed E-state index contributed by atoms with van der Waals surface area (Å²) in [6, 6.07) is 14.9. The lowest BCUT2D eigenvalue weighted by molar-refractivity contribution is 0.0746. The van der Waals surface area contributed by atoms with E-state index in [9.17, 15) is 4.79 Å². The third-order valence-corrected chi connectivity index (χ3v) is 5.52. The lowest BCUT2D eigenvalue weighted by Crippen LogP contribution is -2.49. The summed E-state index contributed by atoms with van der Waals surface area (Å²) in [6.45, 7) is 2.66. The number of rotatable bonds is 4. The third kappa shape index (κ3) is 3.77. The highest BCUT2D eigenvalue weighted by molar-refractivity contribution is 7.00. The van der Waals surface area contributed by atoms with Crippen molar-refractivity contribution in [1.82, 2.24) is 28.8 Å². The fraction of sp³-hybridized carbons (Fsp3) is 0.200. The molecular weight excluding hydrogens is 400 g/mol. The first-order chi connectivity index (χ1) is 14.8. The normalized spacial score (nSPS) is 14.1. The van der Waals surface area contributed by atoms with E-state index >= 15 is 0 Å². The van der Waals surface area contributed by atoms with E-state index in [0.717, 1.165) is 34.4 Å². The number of nitrogens with one attached hydrogen (secondary N) is 1. The second-order valence-electron chi connectivity index (χ2n) is 6.86. The van der Waals surface area contributed by atoms with Gasteiger partial charge in [0.05, 0.1) is 11.7 Å². The van der Waals surface area contributed by atoms with Gasteiger partial charge in [0, 0.05) is 37.9 Å². The van der Waals surface area contributed by atoms with E-state index in [0.29, 0.717) is 37.6 Å². The van der Waals surface area contributed by atoms with Crippen LogP contribution in [0.3, 0.4) is 0 Å². The number of piperazine rings is 1. The minimum Gasteiger partial charge on any atom is -0.352 e. The smallest absolute Gasteiger partial charge is 0.254 e. The summed E-state index contributed by atoms with van der Waals surface area (Å²) < 4.78 is 8.40. The highest BCUT2D eigenvalue weighted by Crippen LogP contribution is 2.19. The number of fused-ring (bicyclic) bond motifs is 1. The van der Waals surface area contributed by atoms with E-state index in [1.54, 1.807) is 6.20 Å². The first-order valence-electron chi connectivity index (χ1n) is 9.55. The zero-order valence-electron chi connectivity index (χ0n) is 16.0. The van der Waals surface area contributed by atoms with Gasteiger partial charge in [0.25, 0.3) is 5.91 Å². The Morgan fingerprint density at radius 2 is 1.77 bits per heavy atom. The SMILES string of the molecule is O=C(c1ccc2nsnc2c1)N1CCN(c2ccc(Nc3ccccn3)nn2)CC1. The summed E-state index contributed by atoms with van der Waals surface area (Å²) in [6.07, 6.45) is 1.72. The largest absolute Gasteiger partial charge is 0.352 e. The molecule has 1 aromatic carbocycles. The number of hydrogen-bond acceptors (Lipinski definition) is 9. The molecule has 1 aliphatic rings. The molecule has 1 saturated heterocycles. The molecule has 0 spiro atoms. The highest BCUT2D eigenvalue weighted by atomic mass is 32.1. The van der Waals surface area contributed by atoms with Crippen LogP contribution in [0.1, 0.15) is 10.4 Å². The molecule has 10 heteroatoms. The number of nitrogens with zero attached hydrogens (tertiary/aromatic N) is 7.